The first-order chi connectivity index (χ1) is 8.73. The number of nitrogens with zero attached hydrogens (tertiary/aromatic N) is 2. The van der Waals surface area contributed by atoms with Gasteiger partial charge < -0.3 is 14.2 Å². The Hall–Kier alpha value is -1.07. The topological polar surface area (TPSA) is 34.6 Å². The largest absolute Gasteiger partial charge is 0.494 e. The van der Waals surface area contributed by atoms with Crippen LogP contribution >= 0.6 is 0 Å². The molecule has 1 fully saturated rings. The molecule has 0 amide bonds. The van der Waals surface area contributed by atoms with E-state index >= 15 is 0 Å². The van der Waals surface area contributed by atoms with Crippen molar-refractivity contribution in [3.8, 4) is 0 Å². The van der Waals surface area contributed by atoms with E-state index in [1.54, 1.807) is 6.20 Å². The highest BCUT2D eigenvalue weighted by Crippen LogP contribution is 2.38. The number of rotatable bonds is 2. The van der Waals surface area contributed by atoms with Gasteiger partial charge >= 0.3 is 7.12 Å². The quantitative estimate of drug-likeness (QED) is 0.760. The van der Waals surface area contributed by atoms with Gasteiger partial charge in [0.1, 0.15) is 5.82 Å². The molecule has 104 valence electrons. The van der Waals surface area contributed by atoms with Crippen molar-refractivity contribution >= 4 is 18.4 Å². The van der Waals surface area contributed by atoms with Crippen LogP contribution in [0.3, 0.4) is 0 Å². The third-order valence-electron chi connectivity index (χ3n) is 4.13. The summed E-state index contributed by atoms with van der Waals surface area (Å²) in [4.78, 5) is 6.29. The fourth-order valence-electron chi connectivity index (χ4n) is 1.91. The normalized spacial score (nSPS) is 21.3. The van der Waals surface area contributed by atoms with Crippen molar-refractivity contribution < 1.29 is 9.31 Å². The monoisotopic (exact) mass is 262 g/mol. The van der Waals surface area contributed by atoms with Crippen molar-refractivity contribution in [1.29, 1.82) is 0 Å². The molecule has 0 aliphatic carbocycles. The van der Waals surface area contributed by atoms with Crippen LogP contribution in [-0.2, 0) is 9.31 Å². The van der Waals surface area contributed by atoms with Crippen LogP contribution in [0.15, 0.2) is 18.3 Å². The summed E-state index contributed by atoms with van der Waals surface area (Å²) in [5, 5.41) is 0. The summed E-state index contributed by atoms with van der Waals surface area (Å²) in [7, 11) is 3.63. The van der Waals surface area contributed by atoms with Crippen LogP contribution in [0.4, 0.5) is 5.82 Å². The summed E-state index contributed by atoms with van der Waals surface area (Å²) in [5.74, 6) is 0.910. The second-order valence-corrected chi connectivity index (χ2v) is 6.50. The molecule has 0 bridgehead atoms. The van der Waals surface area contributed by atoms with Crippen LogP contribution in [0.1, 0.15) is 27.7 Å². The van der Waals surface area contributed by atoms with Crippen molar-refractivity contribution in [1.82, 2.24) is 4.98 Å². The van der Waals surface area contributed by atoms with Crippen LogP contribution in [0.25, 0.3) is 0 Å². The smallest absolute Gasteiger partial charge is 0.407 e. The van der Waals surface area contributed by atoms with Gasteiger partial charge in [-0.25, -0.2) is 4.98 Å². The highest BCUT2D eigenvalue weighted by Gasteiger charge is 2.46. The average molecular weight is 262 g/mol. The van der Waals surface area contributed by atoms with E-state index in [2.05, 4.69) is 32.7 Å². The van der Waals surface area contributed by atoms with Crippen LogP contribution in [-0.4, -0.2) is 38.4 Å². The van der Waals surface area contributed by atoms with Gasteiger partial charge in [-0.15, -0.1) is 0 Å². The Morgan fingerprint density at radius 3 is 2.53 bits per heavy atom. The first-order valence-corrected chi connectivity index (χ1v) is 6.66. The Labute approximate surface area is 116 Å². The maximum absolute atomic E-state index is 6.14. The van der Waals surface area contributed by atoms with E-state index in [0.717, 1.165) is 11.3 Å². The van der Waals surface area contributed by atoms with Gasteiger partial charge in [-0.05, 0) is 31.4 Å². The predicted octanol–water partition coefficient (Wildman–Crippen LogP) is 1.69. The summed E-state index contributed by atoms with van der Waals surface area (Å²) >= 11 is 0. The Morgan fingerprint density at radius 2 is 1.95 bits per heavy atom. The third kappa shape index (κ3) is 2.77. The van der Waals surface area contributed by atoms with Crippen LogP contribution in [0, 0.1) is 5.41 Å². The van der Waals surface area contributed by atoms with E-state index in [0.29, 0.717) is 6.61 Å². The Kier molecular flexibility index (Phi) is 3.62. The van der Waals surface area contributed by atoms with Gasteiger partial charge in [0, 0.05) is 32.3 Å². The number of pyridine rings is 1. The fourth-order valence-corrected chi connectivity index (χ4v) is 1.91. The second kappa shape index (κ2) is 4.80. The van der Waals surface area contributed by atoms with Crippen molar-refractivity contribution in [2.24, 2.45) is 5.41 Å². The van der Waals surface area contributed by atoms with Gasteiger partial charge in [-0.1, -0.05) is 13.8 Å². The van der Waals surface area contributed by atoms with Crippen LogP contribution in [0.5, 0.6) is 0 Å². The van der Waals surface area contributed by atoms with Gasteiger partial charge in [0.15, 0.2) is 0 Å². The van der Waals surface area contributed by atoms with Gasteiger partial charge in [0.25, 0.3) is 0 Å². The molecule has 0 radical (unpaired) electrons. The molecule has 2 heterocycles. The summed E-state index contributed by atoms with van der Waals surface area (Å²) in [5.41, 5.74) is 0.792. The van der Waals surface area contributed by atoms with Gasteiger partial charge in [0.2, 0.25) is 0 Å². The molecule has 0 aromatic carbocycles. The molecule has 0 spiro atoms. The van der Waals surface area contributed by atoms with Crippen molar-refractivity contribution in [2.75, 3.05) is 25.6 Å². The van der Waals surface area contributed by atoms with Crippen LogP contribution in [0.2, 0.25) is 0 Å². The van der Waals surface area contributed by atoms with E-state index in [-0.39, 0.29) is 18.1 Å². The van der Waals surface area contributed by atoms with Crippen molar-refractivity contribution in [2.45, 2.75) is 33.3 Å². The molecule has 0 saturated carbocycles. The first kappa shape index (κ1) is 14.3. The standard InChI is InChI=1S/C14H23BN2O2/c1-13(2)10-18-15(19-14(13,3)4)11-7-8-16-12(9-11)17(5)6/h7-9H,10H2,1-6H3. The highest BCUT2D eigenvalue weighted by atomic mass is 16.6. The summed E-state index contributed by atoms with van der Waals surface area (Å²) < 4.78 is 12.0. The lowest BCUT2D eigenvalue weighted by atomic mass is 9.69. The van der Waals surface area contributed by atoms with Crippen LogP contribution < -0.4 is 10.4 Å². The minimum atomic E-state index is -0.315. The molecule has 2 rings (SSSR count). The number of aromatic nitrogens is 1. The van der Waals surface area contributed by atoms with E-state index < -0.39 is 0 Å². The summed E-state index contributed by atoms with van der Waals surface area (Å²) in [6.45, 7) is 9.26. The molecular formula is C14H23BN2O2. The zero-order valence-electron chi connectivity index (χ0n) is 12.7. The van der Waals surface area contributed by atoms with E-state index in [9.17, 15) is 0 Å². The first-order valence-electron chi connectivity index (χ1n) is 6.66. The summed E-state index contributed by atoms with van der Waals surface area (Å²) in [6.07, 6.45) is 1.80. The fraction of sp³-hybridized carbons (Fsp3) is 0.643. The van der Waals surface area contributed by atoms with E-state index in [4.69, 9.17) is 9.31 Å². The second-order valence-electron chi connectivity index (χ2n) is 6.50. The third-order valence-corrected chi connectivity index (χ3v) is 4.13. The molecule has 0 unspecified atom stereocenters. The minimum Gasteiger partial charge on any atom is -0.407 e. The van der Waals surface area contributed by atoms with E-state index in [1.165, 1.54) is 0 Å². The predicted molar refractivity (Wildman–Crippen MR) is 78.8 cm³/mol. The zero-order valence-corrected chi connectivity index (χ0v) is 12.7. The maximum atomic E-state index is 6.14. The number of hydrogen-bond donors (Lipinski definition) is 0. The molecule has 1 aliphatic rings. The lowest BCUT2D eigenvalue weighted by Gasteiger charge is -2.47. The SMILES string of the molecule is CN(C)c1cc(B2OCC(C)(C)C(C)(C)O2)ccn1. The van der Waals surface area contributed by atoms with E-state index in [1.807, 2.05) is 31.1 Å². The minimum absolute atomic E-state index is 0.000901. The van der Waals surface area contributed by atoms with Crippen molar-refractivity contribution in [3.63, 3.8) is 0 Å². The van der Waals surface area contributed by atoms with Gasteiger partial charge in [0.05, 0.1) is 5.60 Å². The Bertz CT molecular complexity index is 461. The molecule has 1 saturated heterocycles. The average Bonchev–Trinajstić information content (AvgIpc) is 2.33. The molecule has 1 aromatic rings. The zero-order chi connectivity index (χ0) is 14.3. The lowest BCUT2D eigenvalue weighted by molar-refractivity contribution is -0.0937. The molecule has 19 heavy (non-hydrogen) atoms. The molecular weight excluding hydrogens is 239 g/mol. The van der Waals surface area contributed by atoms with Crippen molar-refractivity contribution in [3.05, 3.63) is 18.3 Å². The molecule has 5 heteroatoms. The maximum Gasteiger partial charge on any atom is 0.494 e. The van der Waals surface area contributed by atoms with Gasteiger partial charge in [-0.3, -0.25) is 0 Å². The number of hydrogen-bond acceptors (Lipinski definition) is 4. The number of anilines is 1. The molecule has 0 N–H and O–H groups in total. The Morgan fingerprint density at radius 1 is 1.26 bits per heavy atom. The molecule has 1 aliphatic heterocycles. The highest BCUT2D eigenvalue weighted by molar-refractivity contribution is 6.61. The summed E-state index contributed by atoms with van der Waals surface area (Å²) in [6, 6.07) is 3.96. The Balaban J connectivity index is 2.22. The lowest BCUT2D eigenvalue weighted by Crippen LogP contribution is -2.58. The molecule has 1 aromatic heterocycles. The van der Waals surface area contributed by atoms with Gasteiger partial charge in [-0.2, -0.15) is 0 Å². The molecule has 0 atom stereocenters. The molecule has 4 nitrogen and oxygen atoms in total.